The number of rotatable bonds is 8. The molecule has 1 atom stereocenters. The van der Waals surface area contributed by atoms with Crippen molar-refractivity contribution < 1.29 is 9.32 Å². The first kappa shape index (κ1) is 24.0. The Morgan fingerprint density at radius 2 is 1.74 bits per heavy atom. The van der Waals surface area contributed by atoms with Crippen molar-refractivity contribution in [1.82, 2.24) is 25.3 Å². The molecule has 5 rings (SSSR count). The number of likely N-dealkylation sites (tertiary alicyclic amines) is 2. The van der Waals surface area contributed by atoms with Gasteiger partial charge in [-0.3, -0.25) is 14.6 Å². The molecule has 1 unspecified atom stereocenters. The Kier molecular flexibility index (Phi) is 7.76. The van der Waals surface area contributed by atoms with Crippen molar-refractivity contribution in [3.8, 4) is 11.4 Å². The number of piperidine rings is 1. The highest BCUT2D eigenvalue weighted by molar-refractivity contribution is 6.31. The van der Waals surface area contributed by atoms with Gasteiger partial charge in [-0.2, -0.15) is 4.98 Å². The van der Waals surface area contributed by atoms with Crippen molar-refractivity contribution in [2.75, 3.05) is 39.3 Å². The Morgan fingerprint density at radius 1 is 1.03 bits per heavy atom. The van der Waals surface area contributed by atoms with E-state index < -0.39 is 0 Å². The van der Waals surface area contributed by atoms with Crippen LogP contribution in [0.3, 0.4) is 0 Å². The number of halogens is 1. The molecule has 0 radical (unpaired) electrons. The second kappa shape index (κ2) is 11.3. The molecule has 2 saturated heterocycles. The van der Waals surface area contributed by atoms with Crippen LogP contribution in [0.5, 0.6) is 0 Å². The standard InChI is InChI=1S/C27H32ClN5O2/c28-23-11-5-4-10-22(23)24(33-14-6-7-15-33)18-29-25(34)19-32-16-12-21(13-17-32)27-30-26(31-35-27)20-8-2-1-3-9-20/h1-5,8-11,21,24H,6-7,12-19H2,(H,29,34). The summed E-state index contributed by atoms with van der Waals surface area (Å²) < 4.78 is 5.57. The zero-order chi connectivity index (χ0) is 24.0. The summed E-state index contributed by atoms with van der Waals surface area (Å²) in [5.41, 5.74) is 2.05. The number of amides is 1. The first-order valence-electron chi connectivity index (χ1n) is 12.5. The molecule has 0 saturated carbocycles. The Balaban J connectivity index is 1.12. The predicted octanol–water partition coefficient (Wildman–Crippen LogP) is 4.52. The van der Waals surface area contributed by atoms with Gasteiger partial charge in [0.15, 0.2) is 0 Å². The number of aromatic nitrogens is 2. The molecule has 2 aliphatic rings. The fourth-order valence-corrected chi connectivity index (χ4v) is 5.41. The van der Waals surface area contributed by atoms with Gasteiger partial charge in [0.2, 0.25) is 17.6 Å². The van der Waals surface area contributed by atoms with E-state index in [9.17, 15) is 4.79 Å². The lowest BCUT2D eigenvalue weighted by Gasteiger charge is -2.31. The molecule has 2 fully saturated rings. The molecule has 3 heterocycles. The number of hydrogen-bond donors (Lipinski definition) is 1. The average Bonchev–Trinajstić information content (AvgIpc) is 3.59. The zero-order valence-electron chi connectivity index (χ0n) is 19.9. The minimum Gasteiger partial charge on any atom is -0.353 e. The van der Waals surface area contributed by atoms with Crippen LogP contribution in [0.2, 0.25) is 5.02 Å². The third kappa shape index (κ3) is 5.92. The number of benzene rings is 2. The van der Waals surface area contributed by atoms with Crippen LogP contribution in [-0.4, -0.2) is 65.1 Å². The van der Waals surface area contributed by atoms with Gasteiger partial charge in [0.05, 0.1) is 12.6 Å². The maximum Gasteiger partial charge on any atom is 0.234 e. The van der Waals surface area contributed by atoms with Crippen LogP contribution in [0, 0.1) is 0 Å². The van der Waals surface area contributed by atoms with Gasteiger partial charge in [-0.1, -0.05) is 65.3 Å². The smallest absolute Gasteiger partial charge is 0.234 e. The summed E-state index contributed by atoms with van der Waals surface area (Å²) in [6, 6.07) is 18.0. The molecule has 1 N–H and O–H groups in total. The fourth-order valence-electron chi connectivity index (χ4n) is 5.15. The molecule has 2 aliphatic heterocycles. The molecular weight excluding hydrogens is 462 g/mol. The SMILES string of the molecule is O=C(CN1CCC(c2nc(-c3ccccc3)no2)CC1)NCC(c1ccccc1Cl)N1CCCC1. The second-order valence-corrected chi connectivity index (χ2v) is 9.86. The van der Waals surface area contributed by atoms with Crippen LogP contribution in [0.25, 0.3) is 11.4 Å². The summed E-state index contributed by atoms with van der Waals surface area (Å²) >= 11 is 6.50. The largest absolute Gasteiger partial charge is 0.353 e. The van der Waals surface area contributed by atoms with Crippen molar-refractivity contribution in [1.29, 1.82) is 0 Å². The number of nitrogens with zero attached hydrogens (tertiary/aromatic N) is 4. The van der Waals surface area contributed by atoms with E-state index in [1.807, 2.05) is 48.5 Å². The van der Waals surface area contributed by atoms with Gasteiger partial charge in [-0.25, -0.2) is 0 Å². The minimum absolute atomic E-state index is 0.0591. The average molecular weight is 494 g/mol. The summed E-state index contributed by atoms with van der Waals surface area (Å²) in [5, 5.41) is 8.09. The van der Waals surface area contributed by atoms with Crippen molar-refractivity contribution >= 4 is 17.5 Å². The molecule has 0 bridgehead atoms. The van der Waals surface area contributed by atoms with E-state index in [0.29, 0.717) is 24.8 Å². The van der Waals surface area contributed by atoms with E-state index in [0.717, 1.165) is 55.2 Å². The molecule has 3 aromatic rings. The maximum atomic E-state index is 12.8. The van der Waals surface area contributed by atoms with Gasteiger partial charge >= 0.3 is 0 Å². The fraction of sp³-hybridized carbons (Fsp3) is 0.444. The highest BCUT2D eigenvalue weighted by atomic mass is 35.5. The summed E-state index contributed by atoms with van der Waals surface area (Å²) in [7, 11) is 0. The molecule has 0 aliphatic carbocycles. The number of nitrogens with one attached hydrogen (secondary N) is 1. The number of hydrogen-bond acceptors (Lipinski definition) is 6. The van der Waals surface area contributed by atoms with Crippen LogP contribution in [0.1, 0.15) is 49.1 Å². The molecule has 7 nitrogen and oxygen atoms in total. The number of carbonyl (C=O) groups excluding carboxylic acids is 1. The third-order valence-electron chi connectivity index (χ3n) is 7.12. The van der Waals surface area contributed by atoms with Crippen LogP contribution in [0.4, 0.5) is 0 Å². The van der Waals surface area contributed by atoms with Crippen LogP contribution in [-0.2, 0) is 4.79 Å². The van der Waals surface area contributed by atoms with Gasteiger partial charge in [0, 0.05) is 23.0 Å². The maximum absolute atomic E-state index is 12.8. The molecule has 1 aromatic heterocycles. The quantitative estimate of drug-likeness (QED) is 0.497. The van der Waals surface area contributed by atoms with E-state index in [2.05, 4.69) is 31.3 Å². The molecule has 0 spiro atoms. The van der Waals surface area contributed by atoms with Gasteiger partial charge in [-0.05, 0) is 63.5 Å². The van der Waals surface area contributed by atoms with Crippen molar-refractivity contribution in [3.63, 3.8) is 0 Å². The first-order valence-corrected chi connectivity index (χ1v) is 12.9. The van der Waals surface area contributed by atoms with Crippen molar-refractivity contribution in [2.24, 2.45) is 0 Å². The Labute approximate surface area is 211 Å². The van der Waals surface area contributed by atoms with E-state index in [1.165, 1.54) is 12.8 Å². The highest BCUT2D eigenvalue weighted by Crippen LogP contribution is 2.30. The molecular formula is C27H32ClN5O2. The Morgan fingerprint density at radius 3 is 2.49 bits per heavy atom. The van der Waals surface area contributed by atoms with Crippen molar-refractivity contribution in [3.05, 3.63) is 71.1 Å². The first-order chi connectivity index (χ1) is 17.2. The van der Waals surface area contributed by atoms with E-state index in [-0.39, 0.29) is 17.9 Å². The topological polar surface area (TPSA) is 74.5 Å². The molecule has 8 heteroatoms. The monoisotopic (exact) mass is 493 g/mol. The predicted molar refractivity (Wildman–Crippen MR) is 136 cm³/mol. The molecule has 2 aromatic carbocycles. The summed E-state index contributed by atoms with van der Waals surface area (Å²) in [5.74, 6) is 1.62. The van der Waals surface area contributed by atoms with Crippen LogP contribution >= 0.6 is 11.6 Å². The van der Waals surface area contributed by atoms with Gasteiger partial charge in [-0.15, -0.1) is 0 Å². The lowest BCUT2D eigenvalue weighted by atomic mass is 9.97. The normalized spacial score (nSPS) is 18.5. The highest BCUT2D eigenvalue weighted by Gasteiger charge is 2.28. The lowest BCUT2D eigenvalue weighted by Crippen LogP contribution is -2.43. The minimum atomic E-state index is 0.0591. The second-order valence-electron chi connectivity index (χ2n) is 9.46. The summed E-state index contributed by atoms with van der Waals surface area (Å²) in [6.07, 6.45) is 4.19. The molecule has 35 heavy (non-hydrogen) atoms. The van der Waals surface area contributed by atoms with Crippen LogP contribution < -0.4 is 5.32 Å². The Hall–Kier alpha value is -2.74. The molecule has 1 amide bonds. The molecule has 184 valence electrons. The third-order valence-corrected chi connectivity index (χ3v) is 7.46. The van der Waals surface area contributed by atoms with E-state index in [4.69, 9.17) is 16.1 Å². The zero-order valence-corrected chi connectivity index (χ0v) is 20.7. The van der Waals surface area contributed by atoms with E-state index in [1.54, 1.807) is 0 Å². The van der Waals surface area contributed by atoms with Gasteiger partial charge in [0.1, 0.15) is 0 Å². The number of carbonyl (C=O) groups is 1. The van der Waals surface area contributed by atoms with Crippen molar-refractivity contribution in [2.45, 2.75) is 37.6 Å². The summed E-state index contributed by atoms with van der Waals surface area (Å²) in [6.45, 7) is 4.73. The lowest BCUT2D eigenvalue weighted by molar-refractivity contribution is -0.122. The van der Waals surface area contributed by atoms with Crippen LogP contribution in [0.15, 0.2) is 59.1 Å². The van der Waals surface area contributed by atoms with E-state index >= 15 is 0 Å². The van der Waals surface area contributed by atoms with Gasteiger partial charge in [0.25, 0.3) is 0 Å². The Bertz CT molecular complexity index is 1110. The van der Waals surface area contributed by atoms with Gasteiger partial charge < -0.3 is 9.84 Å². The summed E-state index contributed by atoms with van der Waals surface area (Å²) in [4.78, 5) is 22.1.